The number of aryl methyl sites for hydroxylation is 1. The zero-order valence-electron chi connectivity index (χ0n) is 18.1. The van der Waals surface area contributed by atoms with Gasteiger partial charge in [-0.05, 0) is 57.8 Å². The summed E-state index contributed by atoms with van der Waals surface area (Å²) < 4.78 is 11.3. The first-order chi connectivity index (χ1) is 13.7. The molecule has 0 bridgehead atoms. The second-order valence-electron chi connectivity index (χ2n) is 7.28. The molecule has 1 fully saturated rings. The highest BCUT2D eigenvalue weighted by Crippen LogP contribution is 2.21. The van der Waals surface area contributed by atoms with Crippen LogP contribution in [0.1, 0.15) is 38.3 Å². The van der Waals surface area contributed by atoms with Gasteiger partial charge in [0.25, 0.3) is 0 Å². The van der Waals surface area contributed by atoms with Crippen LogP contribution in [0, 0.1) is 12.8 Å². The second-order valence-corrected chi connectivity index (χ2v) is 7.28. The van der Waals surface area contributed by atoms with Gasteiger partial charge >= 0.3 is 0 Å². The number of nitrogens with one attached hydrogen (secondary N) is 2. The van der Waals surface area contributed by atoms with Gasteiger partial charge < -0.3 is 25.0 Å². The third-order valence-electron chi connectivity index (χ3n) is 5.04. The fourth-order valence-corrected chi connectivity index (χ4v) is 3.40. The predicted molar refractivity (Wildman–Crippen MR) is 116 cm³/mol. The number of guanidine groups is 1. The predicted octanol–water partition coefficient (Wildman–Crippen LogP) is 2.81. The highest BCUT2D eigenvalue weighted by Gasteiger charge is 2.21. The van der Waals surface area contributed by atoms with Crippen LogP contribution in [0.2, 0.25) is 0 Å². The number of benzene rings is 1. The third-order valence-corrected chi connectivity index (χ3v) is 5.04. The molecule has 6 heteroatoms. The molecule has 0 aromatic heterocycles. The summed E-state index contributed by atoms with van der Waals surface area (Å²) >= 11 is 0. The quantitative estimate of drug-likeness (QED) is 0.346. The minimum Gasteiger partial charge on any atom is -0.491 e. The van der Waals surface area contributed by atoms with Crippen LogP contribution in [-0.4, -0.2) is 63.4 Å². The van der Waals surface area contributed by atoms with E-state index in [9.17, 15) is 0 Å². The molecule has 1 atom stereocenters. The summed E-state index contributed by atoms with van der Waals surface area (Å²) in [6.07, 6.45) is 1.26. The Morgan fingerprint density at radius 1 is 1.21 bits per heavy atom. The Kier molecular flexibility index (Phi) is 10.1. The Morgan fingerprint density at radius 2 is 2.07 bits per heavy atom. The number of nitrogens with zero attached hydrogens (tertiary/aromatic N) is 2. The summed E-state index contributed by atoms with van der Waals surface area (Å²) in [5.74, 6) is 2.47. The minimum absolute atomic E-state index is 0.557. The van der Waals surface area contributed by atoms with Crippen molar-refractivity contribution in [2.45, 2.75) is 40.7 Å². The first-order valence-corrected chi connectivity index (χ1v) is 10.7. The van der Waals surface area contributed by atoms with Gasteiger partial charge in [0.05, 0.1) is 13.2 Å². The van der Waals surface area contributed by atoms with Crippen molar-refractivity contribution in [2.75, 3.05) is 52.5 Å². The molecule has 0 aliphatic carbocycles. The Hall–Kier alpha value is -1.79. The maximum atomic E-state index is 5.94. The molecular formula is C22H38N4O2. The summed E-state index contributed by atoms with van der Waals surface area (Å²) in [5, 5.41) is 6.88. The molecule has 2 rings (SSSR count). The van der Waals surface area contributed by atoms with E-state index in [1.807, 2.05) is 6.92 Å². The average molecular weight is 391 g/mol. The molecular weight excluding hydrogens is 352 g/mol. The van der Waals surface area contributed by atoms with Gasteiger partial charge in [0.1, 0.15) is 12.4 Å². The average Bonchev–Trinajstić information content (AvgIpc) is 3.16. The number of rotatable bonds is 11. The highest BCUT2D eigenvalue weighted by atomic mass is 16.5. The van der Waals surface area contributed by atoms with Crippen LogP contribution in [0.25, 0.3) is 0 Å². The largest absolute Gasteiger partial charge is 0.491 e. The summed E-state index contributed by atoms with van der Waals surface area (Å²) in [7, 11) is 0. The lowest BCUT2D eigenvalue weighted by Gasteiger charge is -2.17. The molecule has 0 radical (unpaired) electrons. The van der Waals surface area contributed by atoms with E-state index in [2.05, 4.69) is 54.5 Å². The normalized spacial score (nSPS) is 17.7. The van der Waals surface area contributed by atoms with Crippen molar-refractivity contribution in [3.8, 4) is 5.75 Å². The van der Waals surface area contributed by atoms with Crippen LogP contribution in [0.5, 0.6) is 5.75 Å². The standard InChI is InChI=1S/C22H38N4O2/c1-5-23-22(24-15-19-10-11-26(6-2)17-19)25-16-20-9-8-18(4)14-21(20)28-13-12-27-7-3/h8-9,14,19H,5-7,10-13,15-17H2,1-4H3,(H2,23,24,25). The van der Waals surface area contributed by atoms with Crippen molar-refractivity contribution in [3.05, 3.63) is 29.3 Å². The van der Waals surface area contributed by atoms with Crippen LogP contribution >= 0.6 is 0 Å². The van der Waals surface area contributed by atoms with Crippen molar-refractivity contribution in [1.29, 1.82) is 0 Å². The van der Waals surface area contributed by atoms with Crippen molar-refractivity contribution >= 4 is 5.96 Å². The maximum Gasteiger partial charge on any atom is 0.191 e. The van der Waals surface area contributed by atoms with Crippen LogP contribution in [0.4, 0.5) is 0 Å². The lowest BCUT2D eigenvalue weighted by atomic mass is 10.1. The van der Waals surface area contributed by atoms with Gasteiger partial charge in [-0.25, -0.2) is 4.99 Å². The number of hydrogen-bond donors (Lipinski definition) is 2. The van der Waals surface area contributed by atoms with Crippen LogP contribution in [0.15, 0.2) is 23.2 Å². The lowest BCUT2D eigenvalue weighted by Crippen LogP contribution is -2.40. The molecule has 1 aromatic carbocycles. The van der Waals surface area contributed by atoms with Crippen molar-refractivity contribution in [3.63, 3.8) is 0 Å². The topological polar surface area (TPSA) is 58.1 Å². The molecule has 2 N–H and O–H groups in total. The molecule has 6 nitrogen and oxygen atoms in total. The van der Waals surface area contributed by atoms with E-state index in [0.29, 0.717) is 32.3 Å². The third kappa shape index (κ3) is 7.68. The van der Waals surface area contributed by atoms with E-state index in [1.54, 1.807) is 0 Å². The molecule has 28 heavy (non-hydrogen) atoms. The van der Waals surface area contributed by atoms with E-state index >= 15 is 0 Å². The number of hydrogen-bond acceptors (Lipinski definition) is 4. The molecule has 1 saturated heterocycles. The molecule has 0 amide bonds. The van der Waals surface area contributed by atoms with Gasteiger partial charge in [0.2, 0.25) is 0 Å². The number of ether oxygens (including phenoxy) is 2. The fourth-order valence-electron chi connectivity index (χ4n) is 3.40. The number of aliphatic imine (C=N–C) groups is 1. The molecule has 1 aliphatic rings. The van der Waals surface area contributed by atoms with Gasteiger partial charge in [0, 0.05) is 31.8 Å². The van der Waals surface area contributed by atoms with Gasteiger partial charge in [-0.1, -0.05) is 19.1 Å². The van der Waals surface area contributed by atoms with Crippen molar-refractivity contribution in [2.24, 2.45) is 10.9 Å². The molecule has 0 saturated carbocycles. The Bertz CT molecular complexity index is 606. The zero-order chi connectivity index (χ0) is 20.2. The molecule has 1 unspecified atom stereocenters. The van der Waals surface area contributed by atoms with Gasteiger partial charge in [-0.2, -0.15) is 0 Å². The summed E-state index contributed by atoms with van der Waals surface area (Å²) in [5.41, 5.74) is 2.28. The summed E-state index contributed by atoms with van der Waals surface area (Å²) in [4.78, 5) is 7.30. The number of likely N-dealkylation sites (tertiary alicyclic amines) is 1. The summed E-state index contributed by atoms with van der Waals surface area (Å²) in [6, 6.07) is 6.29. The smallest absolute Gasteiger partial charge is 0.191 e. The second kappa shape index (κ2) is 12.6. The minimum atomic E-state index is 0.557. The van der Waals surface area contributed by atoms with Gasteiger partial charge in [0.15, 0.2) is 5.96 Å². The molecule has 1 aliphatic heterocycles. The summed E-state index contributed by atoms with van der Waals surface area (Å²) in [6.45, 7) is 16.2. The van der Waals surface area contributed by atoms with Crippen molar-refractivity contribution < 1.29 is 9.47 Å². The zero-order valence-corrected chi connectivity index (χ0v) is 18.1. The van der Waals surface area contributed by atoms with E-state index in [4.69, 9.17) is 14.5 Å². The van der Waals surface area contributed by atoms with Crippen LogP contribution < -0.4 is 15.4 Å². The van der Waals surface area contributed by atoms with E-state index in [-0.39, 0.29) is 0 Å². The van der Waals surface area contributed by atoms with Crippen LogP contribution in [-0.2, 0) is 11.3 Å². The lowest BCUT2D eigenvalue weighted by molar-refractivity contribution is 0.110. The Balaban J connectivity index is 1.93. The molecule has 1 heterocycles. The van der Waals surface area contributed by atoms with Gasteiger partial charge in [-0.3, -0.25) is 0 Å². The monoisotopic (exact) mass is 390 g/mol. The first-order valence-electron chi connectivity index (χ1n) is 10.7. The van der Waals surface area contributed by atoms with E-state index < -0.39 is 0 Å². The van der Waals surface area contributed by atoms with E-state index in [1.165, 1.54) is 25.1 Å². The Labute approximate surface area is 170 Å². The fraction of sp³-hybridized carbons (Fsp3) is 0.682. The van der Waals surface area contributed by atoms with Crippen LogP contribution in [0.3, 0.4) is 0 Å². The Morgan fingerprint density at radius 3 is 2.79 bits per heavy atom. The highest BCUT2D eigenvalue weighted by molar-refractivity contribution is 5.79. The SMILES string of the molecule is CCNC(=NCc1ccc(C)cc1OCCOCC)NCC1CCN(CC)C1. The first kappa shape index (κ1) is 22.5. The van der Waals surface area contributed by atoms with Crippen molar-refractivity contribution in [1.82, 2.24) is 15.5 Å². The molecule has 0 spiro atoms. The molecule has 1 aromatic rings. The van der Waals surface area contributed by atoms with Gasteiger partial charge in [-0.15, -0.1) is 0 Å². The van der Waals surface area contributed by atoms with E-state index in [0.717, 1.165) is 36.9 Å². The molecule has 158 valence electrons. The maximum absolute atomic E-state index is 5.94.